The third-order valence-electron chi connectivity index (χ3n) is 13.1. The summed E-state index contributed by atoms with van der Waals surface area (Å²) in [5, 5.41) is 0. The number of nitrogens with zero attached hydrogens (tertiary/aromatic N) is 1. The molecule has 2 aliphatic rings. The van der Waals surface area contributed by atoms with Crippen molar-refractivity contribution < 1.29 is 0 Å². The lowest BCUT2D eigenvalue weighted by molar-refractivity contribution is 0.794. The van der Waals surface area contributed by atoms with Crippen molar-refractivity contribution in [3.63, 3.8) is 0 Å². The highest BCUT2D eigenvalue weighted by atomic mass is 15.1. The monoisotopic (exact) mass is 787 g/mol. The van der Waals surface area contributed by atoms with E-state index in [1.807, 2.05) is 0 Å². The van der Waals surface area contributed by atoms with Gasteiger partial charge in [0, 0.05) is 17.1 Å². The molecule has 10 aromatic rings. The SMILES string of the molecule is c1ccc(-c2ccc(N(c3ccc(-c4cc(-c5ccccc5)cc(-c5ccccc5)c4)cc3)c3ccc4c(c3)-c3ccccc3C43c4ccccc4-c4ccccc43)cc2)cc1. The summed E-state index contributed by atoms with van der Waals surface area (Å²) in [4.78, 5) is 2.42. The molecular formula is C61H41N. The molecule has 62 heavy (non-hydrogen) atoms. The second kappa shape index (κ2) is 14.6. The van der Waals surface area contributed by atoms with Crippen LogP contribution in [0.4, 0.5) is 17.1 Å². The molecule has 10 aromatic carbocycles. The molecule has 0 N–H and O–H groups in total. The van der Waals surface area contributed by atoms with Crippen LogP contribution in [-0.4, -0.2) is 0 Å². The predicted octanol–water partition coefficient (Wildman–Crippen LogP) is 16.2. The van der Waals surface area contributed by atoms with E-state index in [0.29, 0.717) is 0 Å². The second-order valence-electron chi connectivity index (χ2n) is 16.4. The number of hydrogen-bond acceptors (Lipinski definition) is 1. The number of rotatable bonds is 7. The summed E-state index contributed by atoms with van der Waals surface area (Å²) in [5.74, 6) is 0. The summed E-state index contributed by atoms with van der Waals surface area (Å²) in [6, 6.07) is 91.4. The minimum Gasteiger partial charge on any atom is -0.310 e. The summed E-state index contributed by atoms with van der Waals surface area (Å²) in [7, 11) is 0. The maximum atomic E-state index is 2.43. The first-order chi connectivity index (χ1) is 30.7. The Balaban J connectivity index is 1.01. The van der Waals surface area contributed by atoms with Gasteiger partial charge in [0.05, 0.1) is 5.41 Å². The molecule has 290 valence electrons. The third-order valence-corrected chi connectivity index (χ3v) is 13.1. The molecule has 0 fully saturated rings. The van der Waals surface area contributed by atoms with Crippen LogP contribution in [0.25, 0.3) is 66.8 Å². The molecule has 12 rings (SSSR count). The van der Waals surface area contributed by atoms with Crippen molar-refractivity contribution in [2.24, 2.45) is 0 Å². The Labute approximate surface area is 363 Å². The zero-order valence-corrected chi connectivity index (χ0v) is 34.1. The highest BCUT2D eigenvalue weighted by molar-refractivity contribution is 5.96. The summed E-state index contributed by atoms with van der Waals surface area (Å²) < 4.78 is 0. The average molecular weight is 788 g/mol. The maximum absolute atomic E-state index is 2.43. The summed E-state index contributed by atoms with van der Waals surface area (Å²) >= 11 is 0. The molecule has 0 aromatic heterocycles. The molecule has 1 nitrogen and oxygen atoms in total. The summed E-state index contributed by atoms with van der Waals surface area (Å²) in [6.07, 6.45) is 0. The van der Waals surface area contributed by atoms with Crippen LogP contribution in [0.15, 0.2) is 249 Å². The molecule has 0 radical (unpaired) electrons. The van der Waals surface area contributed by atoms with Crippen LogP contribution >= 0.6 is 0 Å². The predicted molar refractivity (Wildman–Crippen MR) is 259 cm³/mol. The van der Waals surface area contributed by atoms with E-state index in [-0.39, 0.29) is 5.41 Å². The lowest BCUT2D eigenvalue weighted by atomic mass is 9.70. The van der Waals surface area contributed by atoms with Crippen molar-refractivity contribution in [1.29, 1.82) is 0 Å². The number of benzene rings is 10. The van der Waals surface area contributed by atoms with E-state index in [1.165, 1.54) is 89.0 Å². The smallest absolute Gasteiger partial charge is 0.0725 e. The lowest BCUT2D eigenvalue weighted by Crippen LogP contribution is -2.25. The van der Waals surface area contributed by atoms with Crippen LogP contribution in [0.2, 0.25) is 0 Å². The lowest BCUT2D eigenvalue weighted by Gasteiger charge is -2.31. The van der Waals surface area contributed by atoms with Gasteiger partial charge in [0.25, 0.3) is 0 Å². The maximum Gasteiger partial charge on any atom is 0.0725 e. The van der Waals surface area contributed by atoms with Gasteiger partial charge in [0.1, 0.15) is 0 Å². The average Bonchev–Trinajstić information content (AvgIpc) is 3.82. The summed E-state index contributed by atoms with van der Waals surface area (Å²) in [6.45, 7) is 0. The first-order valence-corrected chi connectivity index (χ1v) is 21.5. The van der Waals surface area contributed by atoms with Crippen LogP contribution in [0.1, 0.15) is 22.3 Å². The van der Waals surface area contributed by atoms with Gasteiger partial charge in [-0.25, -0.2) is 0 Å². The molecule has 2 aliphatic carbocycles. The van der Waals surface area contributed by atoms with Gasteiger partial charge >= 0.3 is 0 Å². The van der Waals surface area contributed by atoms with Gasteiger partial charge in [0.2, 0.25) is 0 Å². The van der Waals surface area contributed by atoms with E-state index < -0.39 is 0 Å². The van der Waals surface area contributed by atoms with E-state index in [0.717, 1.165) is 17.1 Å². The first-order valence-electron chi connectivity index (χ1n) is 21.5. The van der Waals surface area contributed by atoms with Gasteiger partial charge in [-0.1, -0.05) is 194 Å². The molecular weight excluding hydrogens is 747 g/mol. The van der Waals surface area contributed by atoms with Gasteiger partial charge in [-0.3, -0.25) is 0 Å². The Morgan fingerprint density at radius 1 is 0.210 bits per heavy atom. The van der Waals surface area contributed by atoms with Gasteiger partial charge < -0.3 is 4.90 Å². The molecule has 0 saturated carbocycles. The van der Waals surface area contributed by atoms with Crippen LogP contribution < -0.4 is 4.90 Å². The Hall–Kier alpha value is -8.00. The molecule has 0 atom stereocenters. The minimum atomic E-state index is -0.381. The van der Waals surface area contributed by atoms with Crippen molar-refractivity contribution >= 4 is 17.1 Å². The number of hydrogen-bond donors (Lipinski definition) is 0. The van der Waals surface area contributed by atoms with Crippen LogP contribution in [-0.2, 0) is 5.41 Å². The first kappa shape index (κ1) is 35.9. The molecule has 0 aliphatic heterocycles. The topological polar surface area (TPSA) is 3.24 Å². The molecule has 0 saturated heterocycles. The summed E-state index contributed by atoms with van der Waals surface area (Å²) in [5.41, 5.74) is 23.1. The van der Waals surface area contributed by atoms with E-state index in [4.69, 9.17) is 0 Å². The van der Waals surface area contributed by atoms with Crippen LogP contribution in [0.5, 0.6) is 0 Å². The zero-order valence-electron chi connectivity index (χ0n) is 34.1. The fourth-order valence-corrected chi connectivity index (χ4v) is 10.3. The minimum absolute atomic E-state index is 0.381. The Morgan fingerprint density at radius 3 is 0.952 bits per heavy atom. The number of anilines is 3. The highest BCUT2D eigenvalue weighted by Crippen LogP contribution is 2.63. The second-order valence-corrected chi connectivity index (χ2v) is 16.4. The molecule has 1 heteroatoms. The third kappa shape index (κ3) is 5.70. The van der Waals surface area contributed by atoms with Crippen molar-refractivity contribution in [3.05, 3.63) is 271 Å². The largest absolute Gasteiger partial charge is 0.310 e. The molecule has 0 bridgehead atoms. The van der Waals surface area contributed by atoms with E-state index in [1.54, 1.807) is 0 Å². The fraction of sp³-hybridized carbons (Fsp3) is 0.0164. The Bertz CT molecular complexity index is 3150. The Morgan fingerprint density at radius 2 is 0.516 bits per heavy atom. The van der Waals surface area contributed by atoms with Crippen molar-refractivity contribution in [2.45, 2.75) is 5.41 Å². The van der Waals surface area contributed by atoms with Gasteiger partial charge in [-0.2, -0.15) is 0 Å². The van der Waals surface area contributed by atoms with Gasteiger partial charge in [0.15, 0.2) is 0 Å². The standard InChI is InChI=1S/C61H41N/c1-4-16-42(17-5-1)45-28-32-50(33-29-45)62(51-34-30-46(31-35-51)49-39-47(43-18-6-2-7-19-43)38-48(40-49)44-20-8-3-9-21-44)52-36-37-60-56(41-52)55-24-12-15-27-59(55)61(60)57-25-13-10-22-53(57)54-23-11-14-26-58(54)61/h1-41H. The van der Waals surface area contributed by atoms with Crippen LogP contribution in [0, 0.1) is 0 Å². The van der Waals surface area contributed by atoms with Crippen molar-refractivity contribution in [3.8, 4) is 66.8 Å². The van der Waals surface area contributed by atoms with E-state index in [2.05, 4.69) is 254 Å². The molecule has 0 unspecified atom stereocenters. The number of fused-ring (bicyclic) bond motifs is 10. The highest BCUT2D eigenvalue weighted by Gasteiger charge is 2.51. The normalized spacial score (nSPS) is 12.6. The van der Waals surface area contributed by atoms with Crippen molar-refractivity contribution in [2.75, 3.05) is 4.90 Å². The van der Waals surface area contributed by atoms with Crippen molar-refractivity contribution in [1.82, 2.24) is 0 Å². The van der Waals surface area contributed by atoms with Gasteiger partial charge in [-0.05, 0) is 144 Å². The van der Waals surface area contributed by atoms with E-state index in [9.17, 15) is 0 Å². The molecule has 0 amide bonds. The molecule has 1 spiro atoms. The Kier molecular flexibility index (Phi) is 8.47. The zero-order chi connectivity index (χ0) is 41.0. The fourth-order valence-electron chi connectivity index (χ4n) is 10.3. The van der Waals surface area contributed by atoms with E-state index >= 15 is 0 Å². The van der Waals surface area contributed by atoms with Gasteiger partial charge in [-0.15, -0.1) is 0 Å². The molecule has 0 heterocycles. The van der Waals surface area contributed by atoms with Crippen LogP contribution in [0.3, 0.4) is 0 Å². The quantitative estimate of drug-likeness (QED) is 0.155.